The smallest absolute Gasteiger partial charge is 0.170 e. The van der Waals surface area contributed by atoms with Gasteiger partial charge >= 0.3 is 0 Å². The van der Waals surface area contributed by atoms with Crippen LogP contribution in [0.4, 0.5) is 0 Å². The summed E-state index contributed by atoms with van der Waals surface area (Å²) in [5.41, 5.74) is 3.37. The van der Waals surface area contributed by atoms with E-state index in [0.717, 1.165) is 5.56 Å². The Morgan fingerprint density at radius 2 is 2.14 bits per heavy atom. The maximum Gasteiger partial charge on any atom is 0.170 e. The summed E-state index contributed by atoms with van der Waals surface area (Å²) < 4.78 is 0. The molecule has 0 saturated heterocycles. The minimum atomic E-state index is -0.641. The van der Waals surface area contributed by atoms with Crippen LogP contribution in [0.2, 0.25) is 0 Å². The summed E-state index contributed by atoms with van der Waals surface area (Å²) in [7, 11) is 1.34. The number of hydrogen-bond donors (Lipinski definition) is 1. The fraction of sp³-hybridized carbons (Fsp3) is 0.333. The summed E-state index contributed by atoms with van der Waals surface area (Å²) in [6.07, 6.45) is -0.175. The predicted octanol–water partition coefficient (Wildman–Crippen LogP) is 1.40. The molecule has 1 N–H and O–H groups in total. The van der Waals surface area contributed by atoms with Crippen LogP contribution in [0, 0.1) is 4.91 Å². The van der Waals surface area contributed by atoms with Crippen molar-refractivity contribution in [2.24, 2.45) is 5.18 Å². The first kappa shape index (κ1) is 10.8. The molecule has 1 unspecified atom stereocenters. The molecule has 0 heterocycles. The molecule has 0 aliphatic carbocycles. The summed E-state index contributed by atoms with van der Waals surface area (Å²) in [4.78, 5) is 19.1. The van der Waals surface area contributed by atoms with E-state index < -0.39 is 6.17 Å². The number of nitrogens with one attached hydrogen (secondary N) is 1. The number of hydroxylamine groups is 1. The second kappa shape index (κ2) is 6.20. The molecule has 1 atom stereocenters. The first-order chi connectivity index (χ1) is 6.86. The van der Waals surface area contributed by atoms with Crippen molar-refractivity contribution in [3.05, 3.63) is 40.8 Å². The van der Waals surface area contributed by atoms with E-state index >= 15 is 0 Å². The van der Waals surface area contributed by atoms with Crippen LogP contribution in [0.15, 0.2) is 35.5 Å². The molecule has 5 nitrogen and oxygen atoms in total. The minimum Gasteiger partial charge on any atom is -0.221 e. The van der Waals surface area contributed by atoms with Crippen molar-refractivity contribution in [2.45, 2.75) is 12.6 Å². The van der Waals surface area contributed by atoms with Crippen molar-refractivity contribution < 1.29 is 9.88 Å². The quantitative estimate of drug-likeness (QED) is 0.424. The van der Waals surface area contributed by atoms with Gasteiger partial charge in [-0.3, -0.25) is 0 Å². The van der Waals surface area contributed by atoms with Crippen LogP contribution in [0.5, 0.6) is 0 Å². The SMILES string of the molecule is COONC(Cc1ccccc1)N=O. The molecule has 0 radical (unpaired) electrons. The summed E-state index contributed by atoms with van der Waals surface area (Å²) in [6, 6.07) is 9.52. The van der Waals surface area contributed by atoms with Crippen LogP contribution in [0.1, 0.15) is 5.56 Å². The van der Waals surface area contributed by atoms with Gasteiger partial charge in [-0.2, -0.15) is 0 Å². The summed E-state index contributed by atoms with van der Waals surface area (Å²) in [6.45, 7) is 0. The van der Waals surface area contributed by atoms with E-state index in [1.165, 1.54) is 7.11 Å². The van der Waals surface area contributed by atoms with Gasteiger partial charge in [0.15, 0.2) is 6.17 Å². The molecule has 0 saturated carbocycles. The monoisotopic (exact) mass is 196 g/mol. The maximum atomic E-state index is 10.4. The third kappa shape index (κ3) is 3.61. The highest BCUT2D eigenvalue weighted by Crippen LogP contribution is 2.03. The molecular formula is C9H12N2O3. The molecule has 0 aliphatic rings. The highest BCUT2D eigenvalue weighted by atomic mass is 17.3. The summed E-state index contributed by atoms with van der Waals surface area (Å²) in [5, 5.41) is 2.85. The topological polar surface area (TPSA) is 59.9 Å². The lowest BCUT2D eigenvalue weighted by Gasteiger charge is -2.08. The van der Waals surface area contributed by atoms with E-state index in [4.69, 9.17) is 0 Å². The van der Waals surface area contributed by atoms with Gasteiger partial charge in [0, 0.05) is 6.42 Å². The maximum absolute atomic E-state index is 10.4. The number of nitrogens with zero attached hydrogens (tertiary/aromatic N) is 1. The molecule has 1 rings (SSSR count). The third-order valence-corrected chi connectivity index (χ3v) is 1.67. The zero-order valence-corrected chi connectivity index (χ0v) is 7.84. The van der Waals surface area contributed by atoms with Crippen LogP contribution >= 0.6 is 0 Å². The first-order valence-corrected chi connectivity index (χ1v) is 4.18. The second-order valence-corrected chi connectivity index (χ2v) is 2.68. The Labute approximate surface area is 81.9 Å². The number of benzene rings is 1. The Morgan fingerprint density at radius 1 is 1.43 bits per heavy atom. The molecule has 5 heteroatoms. The number of hydrogen-bond acceptors (Lipinski definition) is 5. The Bertz CT molecular complexity index is 266. The van der Waals surface area contributed by atoms with Gasteiger partial charge in [-0.25, -0.2) is 4.89 Å². The Hall–Kier alpha value is -1.30. The molecule has 0 aromatic heterocycles. The van der Waals surface area contributed by atoms with Gasteiger partial charge in [-0.15, -0.1) is 15.4 Å². The largest absolute Gasteiger partial charge is 0.221 e. The van der Waals surface area contributed by atoms with Crippen molar-refractivity contribution >= 4 is 0 Å². The molecule has 0 fully saturated rings. The molecule has 0 bridgehead atoms. The van der Waals surface area contributed by atoms with Gasteiger partial charge in [-0.05, 0) is 10.7 Å². The first-order valence-electron chi connectivity index (χ1n) is 4.18. The normalized spacial score (nSPS) is 12.4. The lowest BCUT2D eigenvalue weighted by atomic mass is 10.1. The summed E-state index contributed by atoms with van der Waals surface area (Å²) in [5.74, 6) is 0. The Balaban J connectivity index is 2.44. The fourth-order valence-electron chi connectivity index (χ4n) is 1.04. The molecule has 1 aromatic carbocycles. The zero-order chi connectivity index (χ0) is 10.2. The number of rotatable bonds is 6. The number of nitroso groups, excluding NO2 is 1. The lowest BCUT2D eigenvalue weighted by molar-refractivity contribution is -0.323. The molecule has 0 aliphatic heterocycles. The standard InChI is InChI=1S/C9H12N2O3/c1-13-14-11-9(10-12)7-8-5-3-2-4-6-8/h2-6,9,11H,7H2,1H3. The third-order valence-electron chi connectivity index (χ3n) is 1.67. The summed E-state index contributed by atoms with van der Waals surface area (Å²) >= 11 is 0. The van der Waals surface area contributed by atoms with E-state index in [1.807, 2.05) is 30.3 Å². The highest BCUT2D eigenvalue weighted by Gasteiger charge is 2.08. The zero-order valence-electron chi connectivity index (χ0n) is 7.84. The molecule has 14 heavy (non-hydrogen) atoms. The molecule has 76 valence electrons. The average molecular weight is 196 g/mol. The van der Waals surface area contributed by atoms with Crippen LogP contribution in [0.25, 0.3) is 0 Å². The van der Waals surface area contributed by atoms with E-state index in [1.54, 1.807) is 0 Å². The van der Waals surface area contributed by atoms with Crippen LogP contribution < -0.4 is 5.48 Å². The Kier molecular flexibility index (Phi) is 4.77. The minimum absolute atomic E-state index is 0.466. The van der Waals surface area contributed by atoms with Gasteiger partial charge < -0.3 is 0 Å². The van der Waals surface area contributed by atoms with Crippen molar-refractivity contribution in [2.75, 3.05) is 7.11 Å². The van der Waals surface area contributed by atoms with E-state index in [9.17, 15) is 4.91 Å². The Morgan fingerprint density at radius 3 is 2.71 bits per heavy atom. The van der Waals surface area contributed by atoms with Crippen molar-refractivity contribution in [1.29, 1.82) is 0 Å². The fourth-order valence-corrected chi connectivity index (χ4v) is 1.04. The molecule has 0 amide bonds. The van der Waals surface area contributed by atoms with Gasteiger partial charge in [0.05, 0.1) is 7.11 Å². The van der Waals surface area contributed by atoms with Gasteiger partial charge in [-0.1, -0.05) is 30.3 Å². The average Bonchev–Trinajstić information content (AvgIpc) is 2.25. The van der Waals surface area contributed by atoms with E-state index in [-0.39, 0.29) is 0 Å². The predicted molar refractivity (Wildman–Crippen MR) is 51.0 cm³/mol. The highest BCUT2D eigenvalue weighted by molar-refractivity contribution is 5.15. The second-order valence-electron chi connectivity index (χ2n) is 2.68. The van der Waals surface area contributed by atoms with Crippen molar-refractivity contribution in [3.63, 3.8) is 0 Å². The van der Waals surface area contributed by atoms with Gasteiger partial charge in [0.2, 0.25) is 0 Å². The molecule has 1 aromatic rings. The molecular weight excluding hydrogens is 184 g/mol. The van der Waals surface area contributed by atoms with E-state index in [2.05, 4.69) is 20.5 Å². The van der Waals surface area contributed by atoms with Gasteiger partial charge in [0.25, 0.3) is 0 Å². The van der Waals surface area contributed by atoms with Gasteiger partial charge in [0.1, 0.15) is 0 Å². The lowest BCUT2D eigenvalue weighted by Crippen LogP contribution is -2.28. The van der Waals surface area contributed by atoms with E-state index in [0.29, 0.717) is 6.42 Å². The van der Waals surface area contributed by atoms with Crippen LogP contribution in [-0.4, -0.2) is 13.3 Å². The van der Waals surface area contributed by atoms with Crippen molar-refractivity contribution in [1.82, 2.24) is 5.48 Å². The molecule has 0 spiro atoms. The van der Waals surface area contributed by atoms with Crippen molar-refractivity contribution in [3.8, 4) is 0 Å². The van der Waals surface area contributed by atoms with Crippen LogP contribution in [0.3, 0.4) is 0 Å². The van der Waals surface area contributed by atoms with Crippen LogP contribution in [-0.2, 0) is 16.3 Å².